The third-order valence-electron chi connectivity index (χ3n) is 3.57. The summed E-state index contributed by atoms with van der Waals surface area (Å²) in [6.45, 7) is 0.737. The highest BCUT2D eigenvalue weighted by molar-refractivity contribution is 5.92. The predicted octanol–water partition coefficient (Wildman–Crippen LogP) is 1.36. The molecule has 2 rings (SSSR count). The van der Waals surface area contributed by atoms with E-state index >= 15 is 0 Å². The quantitative estimate of drug-likeness (QED) is 0.860. The van der Waals surface area contributed by atoms with Crippen molar-refractivity contribution < 1.29 is 9.90 Å². The SMILES string of the molecule is CN(C)C(=O)c1cc(NCC2CCCC2O)ccn1. The van der Waals surface area contributed by atoms with Crippen molar-refractivity contribution in [1.82, 2.24) is 9.88 Å². The maximum atomic E-state index is 11.8. The number of nitrogens with zero attached hydrogens (tertiary/aromatic N) is 2. The van der Waals surface area contributed by atoms with Crippen LogP contribution in [0.2, 0.25) is 0 Å². The minimum Gasteiger partial charge on any atom is -0.393 e. The standard InChI is InChI=1S/C14H21N3O2/c1-17(2)14(19)12-8-11(6-7-15-12)16-9-10-4-3-5-13(10)18/h6-8,10,13,18H,3-5,9H2,1-2H3,(H,15,16). The lowest BCUT2D eigenvalue weighted by Gasteiger charge is -2.16. The topological polar surface area (TPSA) is 65.5 Å². The van der Waals surface area contributed by atoms with E-state index in [4.69, 9.17) is 0 Å². The van der Waals surface area contributed by atoms with Gasteiger partial charge in [0.05, 0.1) is 6.10 Å². The van der Waals surface area contributed by atoms with Crippen LogP contribution in [0.15, 0.2) is 18.3 Å². The average molecular weight is 263 g/mol. The Morgan fingerprint density at radius 2 is 2.32 bits per heavy atom. The lowest BCUT2D eigenvalue weighted by molar-refractivity contribution is 0.0822. The van der Waals surface area contributed by atoms with Crippen LogP contribution in [0, 0.1) is 5.92 Å². The largest absolute Gasteiger partial charge is 0.393 e. The van der Waals surface area contributed by atoms with Gasteiger partial charge in [0.25, 0.3) is 5.91 Å². The highest BCUT2D eigenvalue weighted by atomic mass is 16.3. The molecule has 2 N–H and O–H groups in total. The second-order valence-electron chi connectivity index (χ2n) is 5.27. The van der Waals surface area contributed by atoms with E-state index in [0.29, 0.717) is 11.6 Å². The van der Waals surface area contributed by atoms with Crippen LogP contribution in [0.25, 0.3) is 0 Å². The van der Waals surface area contributed by atoms with Gasteiger partial charge in [-0.1, -0.05) is 6.42 Å². The second kappa shape index (κ2) is 6.02. The fourth-order valence-electron chi connectivity index (χ4n) is 2.39. The Hall–Kier alpha value is -1.62. The lowest BCUT2D eigenvalue weighted by atomic mass is 10.1. The van der Waals surface area contributed by atoms with Crippen LogP contribution in [0.4, 0.5) is 5.69 Å². The van der Waals surface area contributed by atoms with Gasteiger partial charge in [-0.05, 0) is 25.0 Å². The summed E-state index contributed by atoms with van der Waals surface area (Å²) in [6.07, 6.45) is 4.48. The summed E-state index contributed by atoms with van der Waals surface area (Å²) in [7, 11) is 3.41. The van der Waals surface area contributed by atoms with Crippen LogP contribution < -0.4 is 5.32 Å². The number of hydrogen-bond acceptors (Lipinski definition) is 4. The Morgan fingerprint density at radius 1 is 1.53 bits per heavy atom. The van der Waals surface area contributed by atoms with Gasteiger partial charge in [-0.2, -0.15) is 0 Å². The molecule has 0 radical (unpaired) electrons. The zero-order valence-electron chi connectivity index (χ0n) is 11.5. The Kier molecular flexibility index (Phi) is 4.37. The molecule has 5 nitrogen and oxygen atoms in total. The Balaban J connectivity index is 1.97. The van der Waals surface area contributed by atoms with Gasteiger partial charge in [0.15, 0.2) is 0 Å². The molecule has 1 aromatic rings. The molecule has 0 saturated heterocycles. The van der Waals surface area contributed by atoms with Crippen LogP contribution in [-0.4, -0.2) is 47.6 Å². The Bertz CT molecular complexity index is 448. The van der Waals surface area contributed by atoms with Gasteiger partial charge in [0.2, 0.25) is 0 Å². The Labute approximate surface area is 113 Å². The molecule has 0 aliphatic heterocycles. The van der Waals surface area contributed by atoms with Crippen molar-refractivity contribution in [2.45, 2.75) is 25.4 Å². The summed E-state index contributed by atoms with van der Waals surface area (Å²) < 4.78 is 0. The molecule has 0 aromatic carbocycles. The summed E-state index contributed by atoms with van der Waals surface area (Å²) in [5.74, 6) is 0.200. The summed E-state index contributed by atoms with van der Waals surface area (Å²) in [6, 6.07) is 3.59. The van der Waals surface area contributed by atoms with E-state index in [1.165, 1.54) is 4.90 Å². The highest BCUT2D eigenvalue weighted by Crippen LogP contribution is 2.25. The number of rotatable bonds is 4. The van der Waals surface area contributed by atoms with E-state index in [1.807, 2.05) is 6.07 Å². The van der Waals surface area contributed by atoms with Crippen molar-refractivity contribution >= 4 is 11.6 Å². The normalized spacial score (nSPS) is 22.3. The van der Waals surface area contributed by atoms with Crippen molar-refractivity contribution in [2.24, 2.45) is 5.92 Å². The van der Waals surface area contributed by atoms with Crippen LogP contribution >= 0.6 is 0 Å². The number of carbonyl (C=O) groups is 1. The van der Waals surface area contributed by atoms with Crippen LogP contribution in [0.3, 0.4) is 0 Å². The molecule has 1 saturated carbocycles. The van der Waals surface area contributed by atoms with Gasteiger partial charge >= 0.3 is 0 Å². The Morgan fingerprint density at radius 3 is 2.95 bits per heavy atom. The van der Waals surface area contributed by atoms with Crippen molar-refractivity contribution in [3.8, 4) is 0 Å². The lowest BCUT2D eigenvalue weighted by Crippen LogP contribution is -2.24. The van der Waals surface area contributed by atoms with E-state index < -0.39 is 0 Å². The first-order valence-electron chi connectivity index (χ1n) is 6.67. The van der Waals surface area contributed by atoms with E-state index in [2.05, 4.69) is 10.3 Å². The molecule has 104 valence electrons. The number of aromatic nitrogens is 1. The summed E-state index contributed by atoms with van der Waals surface area (Å²) in [5, 5.41) is 13.0. The third kappa shape index (κ3) is 3.44. The predicted molar refractivity (Wildman–Crippen MR) is 74.1 cm³/mol. The van der Waals surface area contributed by atoms with Gasteiger partial charge in [-0.25, -0.2) is 0 Å². The molecule has 1 aromatic heterocycles. The third-order valence-corrected chi connectivity index (χ3v) is 3.57. The van der Waals surface area contributed by atoms with Gasteiger partial charge in [0, 0.05) is 38.4 Å². The molecule has 5 heteroatoms. The minimum atomic E-state index is -0.197. The minimum absolute atomic E-state index is 0.107. The van der Waals surface area contributed by atoms with Gasteiger partial charge in [-0.3, -0.25) is 9.78 Å². The molecule has 1 heterocycles. The highest BCUT2D eigenvalue weighted by Gasteiger charge is 2.24. The summed E-state index contributed by atoms with van der Waals surface area (Å²) in [4.78, 5) is 17.4. The van der Waals surface area contributed by atoms with Gasteiger partial charge < -0.3 is 15.3 Å². The molecule has 1 fully saturated rings. The first kappa shape index (κ1) is 13.8. The van der Waals surface area contributed by atoms with Crippen LogP contribution in [0.1, 0.15) is 29.8 Å². The number of hydrogen-bond donors (Lipinski definition) is 2. The zero-order valence-corrected chi connectivity index (χ0v) is 11.5. The van der Waals surface area contributed by atoms with Crippen molar-refractivity contribution in [3.05, 3.63) is 24.0 Å². The molecule has 1 aliphatic rings. The maximum Gasteiger partial charge on any atom is 0.272 e. The van der Waals surface area contributed by atoms with Crippen molar-refractivity contribution in [2.75, 3.05) is 26.0 Å². The molecule has 2 atom stereocenters. The number of aliphatic hydroxyl groups excluding tert-OH is 1. The van der Waals surface area contributed by atoms with Gasteiger partial charge in [-0.15, -0.1) is 0 Å². The van der Waals surface area contributed by atoms with E-state index in [-0.39, 0.29) is 12.0 Å². The van der Waals surface area contributed by atoms with E-state index in [0.717, 1.165) is 31.5 Å². The zero-order chi connectivity index (χ0) is 13.8. The van der Waals surface area contributed by atoms with E-state index in [1.54, 1.807) is 26.4 Å². The number of amides is 1. The molecular formula is C14H21N3O2. The molecule has 1 amide bonds. The molecule has 2 unspecified atom stereocenters. The first-order valence-corrected chi connectivity index (χ1v) is 6.67. The average Bonchev–Trinajstić information content (AvgIpc) is 2.81. The smallest absolute Gasteiger partial charge is 0.272 e. The van der Waals surface area contributed by atoms with Crippen LogP contribution in [-0.2, 0) is 0 Å². The van der Waals surface area contributed by atoms with Crippen LogP contribution in [0.5, 0.6) is 0 Å². The fraction of sp³-hybridized carbons (Fsp3) is 0.571. The van der Waals surface area contributed by atoms with Crippen molar-refractivity contribution in [1.29, 1.82) is 0 Å². The molecule has 0 bridgehead atoms. The monoisotopic (exact) mass is 263 g/mol. The number of anilines is 1. The molecule has 19 heavy (non-hydrogen) atoms. The number of pyridine rings is 1. The molecule has 0 spiro atoms. The number of carbonyl (C=O) groups excluding carboxylic acids is 1. The molecule has 1 aliphatic carbocycles. The fourth-order valence-corrected chi connectivity index (χ4v) is 2.39. The summed E-state index contributed by atoms with van der Waals surface area (Å²) in [5.41, 5.74) is 1.31. The second-order valence-corrected chi connectivity index (χ2v) is 5.27. The first-order chi connectivity index (χ1) is 9.08. The number of nitrogens with one attached hydrogen (secondary N) is 1. The van der Waals surface area contributed by atoms with E-state index in [9.17, 15) is 9.90 Å². The van der Waals surface area contributed by atoms with Crippen molar-refractivity contribution in [3.63, 3.8) is 0 Å². The summed E-state index contributed by atoms with van der Waals surface area (Å²) >= 11 is 0. The molecular weight excluding hydrogens is 242 g/mol. The number of aliphatic hydroxyl groups is 1. The maximum absolute atomic E-state index is 11.8. The van der Waals surface area contributed by atoms with Gasteiger partial charge in [0.1, 0.15) is 5.69 Å².